The number of carbonyl (C=O) groups excluding carboxylic acids is 2. The number of nitrogens with zero attached hydrogens (tertiary/aromatic N) is 2. The number of ether oxygens (including phenoxy) is 2. The number of hydrogen-bond acceptors (Lipinski definition) is 6. The molecule has 1 aliphatic rings. The highest BCUT2D eigenvalue weighted by atomic mass is 32.1. The molecule has 1 aliphatic heterocycles. The predicted molar refractivity (Wildman–Crippen MR) is 138 cm³/mol. The lowest BCUT2D eigenvalue weighted by atomic mass is 10.1. The number of thiocarbonyl (C=S) groups is 1. The SMILES string of the molecule is COc1ccc(N2C(=O)/C(=C/c3cc(C)n(-c4cccc(C(=O)O)c4)c3C)C(=O)NC2=S)c(OC)c1. The van der Waals surface area contributed by atoms with E-state index in [1.165, 1.54) is 31.3 Å². The molecule has 10 heteroatoms. The van der Waals surface area contributed by atoms with Crippen molar-refractivity contribution < 1.29 is 29.0 Å². The van der Waals surface area contributed by atoms with E-state index in [1.807, 2.05) is 24.5 Å². The van der Waals surface area contributed by atoms with Crippen molar-refractivity contribution in [2.75, 3.05) is 19.1 Å². The van der Waals surface area contributed by atoms with Crippen molar-refractivity contribution in [3.8, 4) is 17.2 Å². The second kappa shape index (κ2) is 9.67. The summed E-state index contributed by atoms with van der Waals surface area (Å²) < 4.78 is 12.5. The standard InChI is InChI=1S/C26H23N3O6S/c1-14-10-17(15(2)28(14)18-7-5-6-16(11-18)25(32)33)12-20-23(30)27-26(36)29(24(20)31)21-9-8-19(34-3)13-22(21)35-4/h5-13H,1-4H3,(H,32,33)(H,27,30,36)/b20-12+. The van der Waals surface area contributed by atoms with Crippen molar-refractivity contribution in [2.45, 2.75) is 13.8 Å². The fourth-order valence-electron chi connectivity index (χ4n) is 4.11. The number of carbonyl (C=O) groups is 3. The van der Waals surface area contributed by atoms with Crippen LogP contribution >= 0.6 is 12.2 Å². The lowest BCUT2D eigenvalue weighted by molar-refractivity contribution is -0.122. The summed E-state index contributed by atoms with van der Waals surface area (Å²) in [5.74, 6) is -1.38. The predicted octanol–water partition coefficient (Wildman–Crippen LogP) is 3.64. The molecule has 184 valence electrons. The Balaban J connectivity index is 1.77. The van der Waals surface area contributed by atoms with Crippen LogP contribution in [-0.4, -0.2) is 46.8 Å². The Kier molecular flexibility index (Phi) is 6.63. The van der Waals surface area contributed by atoms with Gasteiger partial charge in [-0.1, -0.05) is 6.07 Å². The van der Waals surface area contributed by atoms with Crippen LogP contribution in [0.1, 0.15) is 27.3 Å². The molecule has 2 heterocycles. The van der Waals surface area contributed by atoms with Crippen molar-refractivity contribution in [3.63, 3.8) is 0 Å². The third-order valence-corrected chi connectivity index (χ3v) is 6.14. The summed E-state index contributed by atoms with van der Waals surface area (Å²) in [6.45, 7) is 3.68. The lowest BCUT2D eigenvalue weighted by Crippen LogP contribution is -2.54. The van der Waals surface area contributed by atoms with Gasteiger partial charge in [-0.05, 0) is 74.1 Å². The third kappa shape index (κ3) is 4.34. The molecule has 2 amide bonds. The Morgan fingerprint density at radius 3 is 2.47 bits per heavy atom. The zero-order valence-corrected chi connectivity index (χ0v) is 20.8. The monoisotopic (exact) mass is 505 g/mol. The van der Waals surface area contributed by atoms with Gasteiger partial charge >= 0.3 is 5.97 Å². The number of amides is 2. The van der Waals surface area contributed by atoms with E-state index >= 15 is 0 Å². The molecular formula is C26H23N3O6S. The molecule has 0 bridgehead atoms. The van der Waals surface area contributed by atoms with Gasteiger partial charge in [0.25, 0.3) is 11.8 Å². The molecule has 1 fully saturated rings. The van der Waals surface area contributed by atoms with Gasteiger partial charge < -0.3 is 19.1 Å². The highest BCUT2D eigenvalue weighted by Crippen LogP contribution is 2.34. The largest absolute Gasteiger partial charge is 0.497 e. The molecule has 0 atom stereocenters. The van der Waals surface area contributed by atoms with Crippen LogP contribution in [0.5, 0.6) is 11.5 Å². The number of benzene rings is 2. The van der Waals surface area contributed by atoms with Gasteiger partial charge in [0, 0.05) is 23.1 Å². The van der Waals surface area contributed by atoms with Crippen molar-refractivity contribution >= 4 is 46.9 Å². The molecule has 1 saturated heterocycles. The second-order valence-electron chi connectivity index (χ2n) is 8.01. The van der Waals surface area contributed by atoms with E-state index in [9.17, 15) is 19.5 Å². The van der Waals surface area contributed by atoms with Crippen LogP contribution in [0.2, 0.25) is 0 Å². The molecule has 0 unspecified atom stereocenters. The summed E-state index contributed by atoms with van der Waals surface area (Å²) >= 11 is 5.30. The number of carboxylic acids is 1. The Bertz CT molecular complexity index is 1460. The number of aromatic carboxylic acids is 1. The van der Waals surface area contributed by atoms with Gasteiger partial charge in [-0.3, -0.25) is 14.9 Å². The highest BCUT2D eigenvalue weighted by molar-refractivity contribution is 7.80. The first-order chi connectivity index (χ1) is 17.2. The Labute approximate surface area is 212 Å². The quantitative estimate of drug-likeness (QED) is 0.299. The van der Waals surface area contributed by atoms with Crippen LogP contribution in [0, 0.1) is 13.8 Å². The number of carboxylic acid groups (broad SMARTS) is 1. The number of hydrogen-bond donors (Lipinski definition) is 2. The topological polar surface area (TPSA) is 110 Å². The van der Waals surface area contributed by atoms with E-state index in [0.29, 0.717) is 28.4 Å². The molecule has 2 N–H and O–H groups in total. The summed E-state index contributed by atoms with van der Waals surface area (Å²) in [6, 6.07) is 13.2. The molecule has 0 aliphatic carbocycles. The summed E-state index contributed by atoms with van der Waals surface area (Å²) in [5, 5.41) is 11.9. The van der Waals surface area contributed by atoms with Gasteiger partial charge in [-0.2, -0.15) is 0 Å². The summed E-state index contributed by atoms with van der Waals surface area (Å²) in [7, 11) is 2.97. The molecular weight excluding hydrogens is 482 g/mol. The Hall–Kier alpha value is -4.44. The van der Waals surface area contributed by atoms with Crippen LogP contribution in [0.3, 0.4) is 0 Å². The maximum absolute atomic E-state index is 13.5. The minimum Gasteiger partial charge on any atom is -0.497 e. The van der Waals surface area contributed by atoms with E-state index in [1.54, 1.807) is 36.4 Å². The molecule has 0 radical (unpaired) electrons. The Morgan fingerprint density at radius 1 is 1.06 bits per heavy atom. The van der Waals surface area contributed by atoms with Crippen LogP contribution < -0.4 is 19.7 Å². The number of methoxy groups -OCH3 is 2. The van der Waals surface area contributed by atoms with E-state index in [2.05, 4.69) is 5.32 Å². The van der Waals surface area contributed by atoms with Crippen LogP contribution in [0.15, 0.2) is 54.1 Å². The van der Waals surface area contributed by atoms with E-state index in [0.717, 1.165) is 11.4 Å². The summed E-state index contributed by atoms with van der Waals surface area (Å²) in [6.07, 6.45) is 1.50. The normalized spacial score (nSPS) is 14.7. The van der Waals surface area contributed by atoms with Crippen molar-refractivity contribution in [1.29, 1.82) is 0 Å². The number of anilines is 1. The number of aromatic nitrogens is 1. The molecule has 36 heavy (non-hydrogen) atoms. The third-order valence-electron chi connectivity index (χ3n) is 5.85. The van der Waals surface area contributed by atoms with Gasteiger partial charge in [-0.25, -0.2) is 9.69 Å². The van der Waals surface area contributed by atoms with Gasteiger partial charge in [0.2, 0.25) is 0 Å². The van der Waals surface area contributed by atoms with Gasteiger partial charge in [0.15, 0.2) is 5.11 Å². The number of nitrogens with one attached hydrogen (secondary N) is 1. The second-order valence-corrected chi connectivity index (χ2v) is 8.40. The zero-order chi connectivity index (χ0) is 26.1. The molecule has 1 aromatic heterocycles. The zero-order valence-electron chi connectivity index (χ0n) is 20.0. The summed E-state index contributed by atoms with van der Waals surface area (Å²) in [4.78, 5) is 38.9. The maximum Gasteiger partial charge on any atom is 0.335 e. The van der Waals surface area contributed by atoms with Crippen LogP contribution in [0.4, 0.5) is 5.69 Å². The first kappa shape index (κ1) is 24.7. The van der Waals surface area contributed by atoms with Gasteiger partial charge in [0.1, 0.15) is 17.1 Å². The molecule has 0 spiro atoms. The minimum absolute atomic E-state index is 0.0680. The molecule has 0 saturated carbocycles. The van der Waals surface area contributed by atoms with Crippen molar-refractivity contribution in [1.82, 2.24) is 9.88 Å². The lowest BCUT2D eigenvalue weighted by Gasteiger charge is -2.30. The fourth-order valence-corrected chi connectivity index (χ4v) is 4.38. The molecule has 2 aromatic carbocycles. The number of rotatable bonds is 6. The van der Waals surface area contributed by atoms with Gasteiger partial charge in [-0.15, -0.1) is 0 Å². The van der Waals surface area contributed by atoms with Crippen molar-refractivity contribution in [3.05, 3.63) is 76.6 Å². The maximum atomic E-state index is 13.5. The fraction of sp³-hybridized carbons (Fsp3) is 0.154. The van der Waals surface area contributed by atoms with Crippen molar-refractivity contribution in [2.24, 2.45) is 0 Å². The molecule has 4 rings (SSSR count). The van der Waals surface area contributed by atoms with E-state index < -0.39 is 17.8 Å². The number of aryl methyl sites for hydroxylation is 1. The van der Waals surface area contributed by atoms with E-state index in [4.69, 9.17) is 21.7 Å². The highest BCUT2D eigenvalue weighted by Gasteiger charge is 2.36. The van der Waals surface area contributed by atoms with E-state index in [-0.39, 0.29) is 16.2 Å². The molecule has 3 aromatic rings. The van der Waals surface area contributed by atoms with Gasteiger partial charge in [0.05, 0.1) is 25.5 Å². The van der Waals surface area contributed by atoms with Crippen LogP contribution in [0.25, 0.3) is 11.8 Å². The van der Waals surface area contributed by atoms with Crippen LogP contribution in [-0.2, 0) is 9.59 Å². The minimum atomic E-state index is -1.03. The molecule has 9 nitrogen and oxygen atoms in total. The first-order valence-electron chi connectivity index (χ1n) is 10.8. The average molecular weight is 506 g/mol. The smallest absolute Gasteiger partial charge is 0.335 e. The first-order valence-corrected chi connectivity index (χ1v) is 11.2. The Morgan fingerprint density at radius 2 is 1.81 bits per heavy atom. The summed E-state index contributed by atoms with van der Waals surface area (Å²) in [5.41, 5.74) is 3.20. The average Bonchev–Trinajstić information content (AvgIpc) is 3.14.